The molecule has 22 heavy (non-hydrogen) atoms. The minimum absolute atomic E-state index is 0.135. The molecule has 1 saturated carbocycles. The Labute approximate surface area is 133 Å². The molecule has 2 atom stereocenters. The van der Waals surface area contributed by atoms with Crippen LogP contribution in [0.15, 0.2) is 33.7 Å². The number of piperazine rings is 1. The van der Waals surface area contributed by atoms with Gasteiger partial charge in [0.15, 0.2) is 0 Å². The van der Waals surface area contributed by atoms with E-state index in [0.29, 0.717) is 11.8 Å². The molecular formula is C16H19N3O2S. The number of furan rings is 1. The van der Waals surface area contributed by atoms with E-state index in [2.05, 4.69) is 15.3 Å². The van der Waals surface area contributed by atoms with Gasteiger partial charge in [0.1, 0.15) is 5.76 Å². The maximum atomic E-state index is 12.5. The van der Waals surface area contributed by atoms with E-state index in [0.717, 1.165) is 50.6 Å². The minimum Gasteiger partial charge on any atom is -0.469 e. The molecule has 0 radical (unpaired) electrons. The van der Waals surface area contributed by atoms with E-state index in [4.69, 9.17) is 4.42 Å². The maximum Gasteiger partial charge on any atom is 0.226 e. The second kappa shape index (κ2) is 5.85. The van der Waals surface area contributed by atoms with Crippen molar-refractivity contribution in [2.45, 2.75) is 18.9 Å². The Morgan fingerprint density at radius 1 is 1.36 bits per heavy atom. The third kappa shape index (κ3) is 2.80. The summed E-state index contributed by atoms with van der Waals surface area (Å²) in [6.07, 6.45) is 2.62. The molecule has 0 bridgehead atoms. The summed E-state index contributed by atoms with van der Waals surface area (Å²) in [5.41, 5.74) is 3.00. The summed E-state index contributed by atoms with van der Waals surface area (Å²) in [4.78, 5) is 21.3. The van der Waals surface area contributed by atoms with Gasteiger partial charge in [0.05, 0.1) is 17.5 Å². The number of carbonyl (C=O) groups excluding carboxylic acids is 1. The topological polar surface area (TPSA) is 49.6 Å². The monoisotopic (exact) mass is 317 g/mol. The molecule has 1 aliphatic heterocycles. The van der Waals surface area contributed by atoms with Gasteiger partial charge in [0.25, 0.3) is 0 Å². The summed E-state index contributed by atoms with van der Waals surface area (Å²) in [5.74, 6) is 1.70. The zero-order valence-corrected chi connectivity index (χ0v) is 13.2. The summed E-state index contributed by atoms with van der Waals surface area (Å²) in [6, 6.07) is 3.87. The van der Waals surface area contributed by atoms with E-state index in [-0.39, 0.29) is 5.92 Å². The second-order valence-corrected chi connectivity index (χ2v) is 6.76. The number of amides is 1. The molecule has 0 unspecified atom stereocenters. The number of thiazole rings is 1. The third-order valence-electron chi connectivity index (χ3n) is 4.57. The Bertz CT molecular complexity index is 618. The van der Waals surface area contributed by atoms with Gasteiger partial charge in [-0.1, -0.05) is 0 Å². The molecule has 0 N–H and O–H groups in total. The molecule has 116 valence electrons. The van der Waals surface area contributed by atoms with Gasteiger partial charge < -0.3 is 9.32 Å². The molecule has 5 nitrogen and oxygen atoms in total. The molecule has 6 heteroatoms. The Hall–Kier alpha value is -1.66. The van der Waals surface area contributed by atoms with Gasteiger partial charge in [-0.3, -0.25) is 9.69 Å². The molecule has 0 spiro atoms. The molecule has 2 aromatic heterocycles. The standard InChI is InChI=1S/C16H19N3O2S/c20-16(14-8-13(14)15-2-1-7-21-15)19-5-3-18(4-6-19)9-12-10-22-11-17-12/h1-2,7,10-11,13-14H,3-6,8-9H2/t13-,14+/m0/s1. The number of hydrogen-bond acceptors (Lipinski definition) is 5. The van der Waals surface area contributed by atoms with E-state index in [1.54, 1.807) is 17.6 Å². The van der Waals surface area contributed by atoms with Gasteiger partial charge in [-0.25, -0.2) is 4.98 Å². The normalized spacial score (nSPS) is 25.4. The van der Waals surface area contributed by atoms with Gasteiger partial charge in [-0.15, -0.1) is 11.3 Å². The fourth-order valence-corrected chi connectivity index (χ4v) is 3.74. The predicted molar refractivity (Wildman–Crippen MR) is 83.5 cm³/mol. The lowest BCUT2D eigenvalue weighted by molar-refractivity contribution is -0.134. The molecule has 3 heterocycles. The van der Waals surface area contributed by atoms with Crippen molar-refractivity contribution in [3.63, 3.8) is 0 Å². The second-order valence-electron chi connectivity index (χ2n) is 6.05. The number of carbonyl (C=O) groups is 1. The number of rotatable bonds is 4. The first-order chi connectivity index (χ1) is 10.8. The Balaban J connectivity index is 1.28. The SMILES string of the molecule is O=C([C@@H]1C[C@@H]1c1ccco1)N1CCN(Cc2cscn2)CC1. The van der Waals surface area contributed by atoms with Gasteiger partial charge >= 0.3 is 0 Å². The van der Waals surface area contributed by atoms with Crippen LogP contribution in [0.2, 0.25) is 0 Å². The lowest BCUT2D eigenvalue weighted by Crippen LogP contribution is -2.48. The highest BCUT2D eigenvalue weighted by atomic mass is 32.1. The smallest absolute Gasteiger partial charge is 0.226 e. The van der Waals surface area contributed by atoms with Crippen molar-refractivity contribution in [3.05, 3.63) is 40.7 Å². The molecule has 0 aromatic carbocycles. The van der Waals surface area contributed by atoms with Crippen molar-refractivity contribution >= 4 is 17.2 Å². The Morgan fingerprint density at radius 3 is 2.91 bits per heavy atom. The van der Waals surface area contributed by atoms with Crippen molar-refractivity contribution in [2.24, 2.45) is 5.92 Å². The first-order valence-corrected chi connectivity index (χ1v) is 8.67. The van der Waals surface area contributed by atoms with Gasteiger partial charge in [0, 0.05) is 49.9 Å². The van der Waals surface area contributed by atoms with E-state index in [1.165, 1.54) is 0 Å². The summed E-state index contributed by atoms with van der Waals surface area (Å²) < 4.78 is 5.42. The molecule has 1 aliphatic carbocycles. The van der Waals surface area contributed by atoms with Gasteiger partial charge in [0.2, 0.25) is 5.91 Å². The average Bonchev–Trinajstić information content (AvgIpc) is 2.94. The Morgan fingerprint density at radius 2 is 2.23 bits per heavy atom. The quantitative estimate of drug-likeness (QED) is 0.867. The molecular weight excluding hydrogens is 298 g/mol. The number of hydrogen-bond donors (Lipinski definition) is 0. The van der Waals surface area contributed by atoms with Crippen molar-refractivity contribution in [3.8, 4) is 0 Å². The highest BCUT2D eigenvalue weighted by Crippen LogP contribution is 2.48. The molecule has 1 amide bonds. The fraction of sp³-hybridized carbons (Fsp3) is 0.500. The minimum atomic E-state index is 0.135. The average molecular weight is 317 g/mol. The lowest BCUT2D eigenvalue weighted by atomic mass is 10.2. The van der Waals surface area contributed by atoms with Crippen LogP contribution in [-0.4, -0.2) is 46.9 Å². The van der Waals surface area contributed by atoms with Gasteiger partial charge in [-0.05, 0) is 18.6 Å². The van der Waals surface area contributed by atoms with E-state index in [1.807, 2.05) is 22.5 Å². The first kappa shape index (κ1) is 14.0. The van der Waals surface area contributed by atoms with E-state index in [9.17, 15) is 4.79 Å². The largest absolute Gasteiger partial charge is 0.469 e. The molecule has 2 fully saturated rings. The van der Waals surface area contributed by atoms with Crippen LogP contribution in [0, 0.1) is 5.92 Å². The zero-order valence-electron chi connectivity index (χ0n) is 12.4. The van der Waals surface area contributed by atoms with Crippen molar-refractivity contribution < 1.29 is 9.21 Å². The van der Waals surface area contributed by atoms with Crippen LogP contribution < -0.4 is 0 Å². The highest BCUT2D eigenvalue weighted by Gasteiger charge is 2.47. The summed E-state index contributed by atoms with van der Waals surface area (Å²) >= 11 is 1.63. The third-order valence-corrected chi connectivity index (χ3v) is 5.20. The first-order valence-electron chi connectivity index (χ1n) is 7.73. The van der Waals surface area contributed by atoms with Crippen molar-refractivity contribution in [1.29, 1.82) is 0 Å². The van der Waals surface area contributed by atoms with Crippen LogP contribution in [0.1, 0.15) is 23.8 Å². The number of nitrogens with zero attached hydrogens (tertiary/aromatic N) is 3. The zero-order chi connectivity index (χ0) is 14.9. The van der Waals surface area contributed by atoms with Crippen molar-refractivity contribution in [2.75, 3.05) is 26.2 Å². The molecule has 2 aliphatic rings. The lowest BCUT2D eigenvalue weighted by Gasteiger charge is -2.34. The van der Waals surface area contributed by atoms with Crippen LogP contribution in [0.5, 0.6) is 0 Å². The van der Waals surface area contributed by atoms with E-state index < -0.39 is 0 Å². The number of aromatic nitrogens is 1. The highest BCUT2D eigenvalue weighted by molar-refractivity contribution is 7.07. The Kier molecular flexibility index (Phi) is 3.72. The fourth-order valence-electron chi connectivity index (χ4n) is 3.19. The molecule has 1 saturated heterocycles. The van der Waals surface area contributed by atoms with Crippen LogP contribution in [-0.2, 0) is 11.3 Å². The van der Waals surface area contributed by atoms with Gasteiger partial charge in [-0.2, -0.15) is 0 Å². The van der Waals surface area contributed by atoms with E-state index >= 15 is 0 Å². The summed E-state index contributed by atoms with van der Waals surface area (Å²) in [7, 11) is 0. The van der Waals surface area contributed by atoms with Crippen LogP contribution in [0.25, 0.3) is 0 Å². The van der Waals surface area contributed by atoms with Crippen LogP contribution in [0.3, 0.4) is 0 Å². The van der Waals surface area contributed by atoms with Crippen LogP contribution in [0.4, 0.5) is 0 Å². The summed E-state index contributed by atoms with van der Waals surface area (Å²) in [5, 5.41) is 2.09. The molecule has 4 rings (SSSR count). The van der Waals surface area contributed by atoms with Crippen LogP contribution >= 0.6 is 11.3 Å². The summed E-state index contributed by atoms with van der Waals surface area (Å²) in [6.45, 7) is 4.40. The predicted octanol–water partition coefficient (Wildman–Crippen LogP) is 2.18. The van der Waals surface area contributed by atoms with Crippen molar-refractivity contribution in [1.82, 2.24) is 14.8 Å². The molecule has 2 aromatic rings. The maximum absolute atomic E-state index is 12.5.